The van der Waals surface area contributed by atoms with Crippen LogP contribution in [0.2, 0.25) is 5.02 Å². The van der Waals surface area contributed by atoms with Gasteiger partial charge in [0.2, 0.25) is 0 Å². The van der Waals surface area contributed by atoms with E-state index in [0.717, 1.165) is 27.7 Å². The maximum absolute atomic E-state index is 6.06. The molecule has 0 atom stereocenters. The molecule has 1 heterocycles. The Morgan fingerprint density at radius 1 is 1.38 bits per heavy atom. The zero-order valence-electron chi connectivity index (χ0n) is 12.2. The smallest absolute Gasteiger partial charge is 0.124 e. The van der Waals surface area contributed by atoms with Crippen LogP contribution < -0.4 is 10.1 Å². The molecule has 0 aliphatic rings. The van der Waals surface area contributed by atoms with Crippen molar-refractivity contribution in [2.24, 2.45) is 0 Å². The molecule has 0 spiro atoms. The average Bonchev–Trinajstić information content (AvgIpc) is 2.88. The standard InChI is InChI=1S/C15H19ClN2O2S/c1-11-18-9-14(21-11)10-20-15-4-3-13(16)7-12(15)8-17-5-6-19-2/h3-4,7,9,17H,5-6,8,10H2,1-2H3. The van der Waals surface area contributed by atoms with E-state index < -0.39 is 0 Å². The SMILES string of the molecule is COCCNCc1cc(Cl)ccc1OCc1cnc(C)s1. The second-order valence-corrected chi connectivity index (χ2v) is 6.31. The van der Waals surface area contributed by atoms with E-state index in [1.807, 2.05) is 31.3 Å². The largest absolute Gasteiger partial charge is 0.488 e. The molecule has 0 aliphatic heterocycles. The zero-order chi connectivity index (χ0) is 15.1. The number of nitrogens with one attached hydrogen (secondary N) is 1. The Bertz CT molecular complexity index is 575. The minimum absolute atomic E-state index is 0.526. The molecule has 0 unspecified atom stereocenters. The van der Waals surface area contributed by atoms with Crippen LogP contribution in [0.5, 0.6) is 5.75 Å². The second kappa shape index (κ2) is 8.34. The van der Waals surface area contributed by atoms with E-state index in [4.69, 9.17) is 21.1 Å². The summed E-state index contributed by atoms with van der Waals surface area (Å²) >= 11 is 7.71. The number of hydrogen-bond donors (Lipinski definition) is 1. The molecule has 0 aliphatic carbocycles. The summed E-state index contributed by atoms with van der Waals surface area (Å²) in [4.78, 5) is 5.34. The van der Waals surface area contributed by atoms with Crippen molar-refractivity contribution in [1.29, 1.82) is 0 Å². The first kappa shape index (κ1) is 16.2. The zero-order valence-corrected chi connectivity index (χ0v) is 13.8. The van der Waals surface area contributed by atoms with Gasteiger partial charge in [0.15, 0.2) is 0 Å². The molecule has 0 saturated heterocycles. The van der Waals surface area contributed by atoms with Crippen LogP contribution >= 0.6 is 22.9 Å². The Kier molecular flexibility index (Phi) is 6.45. The van der Waals surface area contributed by atoms with E-state index in [9.17, 15) is 0 Å². The van der Waals surface area contributed by atoms with Crippen LogP contribution in [-0.4, -0.2) is 25.2 Å². The molecule has 0 saturated carbocycles. The van der Waals surface area contributed by atoms with E-state index >= 15 is 0 Å². The van der Waals surface area contributed by atoms with Gasteiger partial charge in [-0.25, -0.2) is 4.98 Å². The quantitative estimate of drug-likeness (QED) is 0.755. The number of nitrogens with zero attached hydrogens (tertiary/aromatic N) is 1. The predicted molar refractivity (Wildman–Crippen MR) is 86.2 cm³/mol. The van der Waals surface area contributed by atoms with Crippen LogP contribution in [0.25, 0.3) is 0 Å². The summed E-state index contributed by atoms with van der Waals surface area (Å²) in [6.45, 7) is 4.67. The van der Waals surface area contributed by atoms with Crippen LogP contribution in [0.3, 0.4) is 0 Å². The molecule has 0 fully saturated rings. The highest BCUT2D eigenvalue weighted by Crippen LogP contribution is 2.24. The van der Waals surface area contributed by atoms with Crippen LogP contribution in [0.4, 0.5) is 0 Å². The van der Waals surface area contributed by atoms with Gasteiger partial charge in [-0.15, -0.1) is 11.3 Å². The third-order valence-corrected chi connectivity index (χ3v) is 3.98. The molecular formula is C15H19ClN2O2S. The number of halogens is 1. The predicted octanol–water partition coefficient (Wildman–Crippen LogP) is 3.42. The molecule has 0 bridgehead atoms. The summed E-state index contributed by atoms with van der Waals surface area (Å²) in [5.74, 6) is 0.843. The van der Waals surface area contributed by atoms with E-state index in [1.165, 1.54) is 0 Å². The van der Waals surface area contributed by atoms with Gasteiger partial charge < -0.3 is 14.8 Å². The van der Waals surface area contributed by atoms with Gasteiger partial charge in [-0.2, -0.15) is 0 Å². The molecule has 4 nitrogen and oxygen atoms in total. The fraction of sp³-hybridized carbons (Fsp3) is 0.400. The van der Waals surface area contributed by atoms with Gasteiger partial charge in [-0.3, -0.25) is 0 Å². The second-order valence-electron chi connectivity index (χ2n) is 4.56. The third kappa shape index (κ3) is 5.28. The molecule has 6 heteroatoms. The molecule has 1 aromatic carbocycles. The van der Waals surface area contributed by atoms with Gasteiger partial charge in [-0.1, -0.05) is 11.6 Å². The first-order valence-corrected chi connectivity index (χ1v) is 7.90. The van der Waals surface area contributed by atoms with E-state index in [-0.39, 0.29) is 0 Å². The summed E-state index contributed by atoms with van der Waals surface area (Å²) in [6.07, 6.45) is 1.85. The molecule has 1 N–H and O–H groups in total. The van der Waals surface area contributed by atoms with Gasteiger partial charge >= 0.3 is 0 Å². The summed E-state index contributed by atoms with van der Waals surface area (Å²) in [7, 11) is 1.69. The highest BCUT2D eigenvalue weighted by atomic mass is 35.5. The summed E-state index contributed by atoms with van der Waals surface area (Å²) in [5, 5.41) is 5.05. The number of thiazole rings is 1. The maximum atomic E-state index is 6.06. The van der Waals surface area contributed by atoms with Crippen molar-refractivity contribution in [2.45, 2.75) is 20.1 Å². The van der Waals surface area contributed by atoms with Crippen molar-refractivity contribution in [3.05, 3.63) is 44.9 Å². The van der Waals surface area contributed by atoms with Crippen LogP contribution in [0, 0.1) is 6.92 Å². The third-order valence-electron chi connectivity index (χ3n) is 2.86. The van der Waals surface area contributed by atoms with E-state index in [1.54, 1.807) is 18.4 Å². The lowest BCUT2D eigenvalue weighted by Crippen LogP contribution is -2.19. The topological polar surface area (TPSA) is 43.4 Å². The molecule has 0 amide bonds. The average molecular weight is 327 g/mol. The Morgan fingerprint density at radius 2 is 2.24 bits per heavy atom. The fourth-order valence-electron chi connectivity index (χ4n) is 1.85. The monoisotopic (exact) mass is 326 g/mol. The Labute approximate surface area is 134 Å². The molecule has 0 radical (unpaired) electrons. The molecule has 1 aromatic heterocycles. The lowest BCUT2D eigenvalue weighted by molar-refractivity contribution is 0.199. The first-order valence-electron chi connectivity index (χ1n) is 6.71. The Hall–Kier alpha value is -1.14. The van der Waals surface area contributed by atoms with Gasteiger partial charge in [0, 0.05) is 37.0 Å². The van der Waals surface area contributed by atoms with Gasteiger partial charge in [-0.05, 0) is 25.1 Å². The van der Waals surface area contributed by atoms with Crippen LogP contribution in [0.1, 0.15) is 15.4 Å². The van der Waals surface area contributed by atoms with Crippen molar-refractivity contribution in [3.63, 3.8) is 0 Å². The number of benzene rings is 1. The lowest BCUT2D eigenvalue weighted by Gasteiger charge is -2.12. The molecule has 2 aromatic rings. The number of hydrogen-bond acceptors (Lipinski definition) is 5. The fourth-order valence-corrected chi connectivity index (χ4v) is 2.75. The van der Waals surface area contributed by atoms with Crippen molar-refractivity contribution >= 4 is 22.9 Å². The summed E-state index contributed by atoms with van der Waals surface area (Å²) in [5.41, 5.74) is 1.04. The van der Waals surface area contributed by atoms with Crippen LogP contribution in [-0.2, 0) is 17.9 Å². The molecular weight excluding hydrogens is 308 g/mol. The number of ether oxygens (including phenoxy) is 2. The minimum Gasteiger partial charge on any atom is -0.488 e. The van der Waals surface area contributed by atoms with Crippen molar-refractivity contribution < 1.29 is 9.47 Å². The van der Waals surface area contributed by atoms with Gasteiger partial charge in [0.05, 0.1) is 16.5 Å². The van der Waals surface area contributed by atoms with Crippen LogP contribution in [0.15, 0.2) is 24.4 Å². The van der Waals surface area contributed by atoms with E-state index in [0.29, 0.717) is 24.8 Å². The van der Waals surface area contributed by atoms with Gasteiger partial charge in [0.1, 0.15) is 12.4 Å². The number of aromatic nitrogens is 1. The number of rotatable bonds is 8. The maximum Gasteiger partial charge on any atom is 0.124 e. The number of aryl methyl sites for hydroxylation is 1. The Balaban J connectivity index is 1.97. The van der Waals surface area contributed by atoms with Crippen molar-refractivity contribution in [3.8, 4) is 5.75 Å². The lowest BCUT2D eigenvalue weighted by atomic mass is 10.2. The van der Waals surface area contributed by atoms with Gasteiger partial charge in [0.25, 0.3) is 0 Å². The van der Waals surface area contributed by atoms with E-state index in [2.05, 4.69) is 10.3 Å². The molecule has 2 rings (SSSR count). The molecule has 114 valence electrons. The summed E-state index contributed by atoms with van der Waals surface area (Å²) < 4.78 is 10.9. The summed E-state index contributed by atoms with van der Waals surface area (Å²) in [6, 6.07) is 5.67. The normalized spacial score (nSPS) is 10.8. The Morgan fingerprint density at radius 3 is 2.95 bits per heavy atom. The molecule has 21 heavy (non-hydrogen) atoms. The van der Waals surface area contributed by atoms with Crippen molar-refractivity contribution in [1.82, 2.24) is 10.3 Å². The first-order chi connectivity index (χ1) is 10.2. The van der Waals surface area contributed by atoms with Crippen molar-refractivity contribution in [2.75, 3.05) is 20.3 Å². The minimum atomic E-state index is 0.526. The highest BCUT2D eigenvalue weighted by Gasteiger charge is 2.06. The number of methoxy groups -OCH3 is 1. The highest BCUT2D eigenvalue weighted by molar-refractivity contribution is 7.11.